The maximum Gasteiger partial charge on any atom is 0.296 e. The average Bonchev–Trinajstić information content (AvgIpc) is 3.75. The number of aromatic nitrogens is 4. The lowest BCUT2D eigenvalue weighted by Gasteiger charge is -2.47. The molecular weight excluding hydrogens is 510 g/mol. The molecule has 3 aromatic heterocycles. The summed E-state index contributed by atoms with van der Waals surface area (Å²) in [5.41, 5.74) is 1.75. The van der Waals surface area contributed by atoms with Gasteiger partial charge in [-0.1, -0.05) is 11.6 Å². The number of rotatable bonds is 4. The first-order valence-electron chi connectivity index (χ1n) is 13.2. The fourth-order valence-electron chi connectivity index (χ4n) is 6.05. The molecule has 3 aromatic rings. The Bertz CT molecular complexity index is 1450. The van der Waals surface area contributed by atoms with E-state index in [4.69, 9.17) is 26.1 Å². The molecule has 3 N–H and O–H groups in total. The van der Waals surface area contributed by atoms with Gasteiger partial charge in [-0.3, -0.25) is 9.36 Å². The quantitative estimate of drug-likeness (QED) is 0.455. The van der Waals surface area contributed by atoms with Crippen LogP contribution in [-0.2, 0) is 11.8 Å². The maximum absolute atomic E-state index is 13.1. The number of aliphatic hydroxyl groups excluding tert-OH is 1. The molecule has 0 spiro atoms. The number of aryl methyl sites for hydroxylation is 1. The van der Waals surface area contributed by atoms with Crippen molar-refractivity contribution in [2.45, 2.75) is 56.3 Å². The van der Waals surface area contributed by atoms with E-state index in [0.29, 0.717) is 78.1 Å². The van der Waals surface area contributed by atoms with E-state index in [0.717, 1.165) is 11.8 Å². The van der Waals surface area contributed by atoms with Crippen LogP contribution in [0.5, 0.6) is 5.75 Å². The summed E-state index contributed by atoms with van der Waals surface area (Å²) in [5, 5.41) is 18.3. The standard InChI is InChI=1S/C26H30ClN7O4/c1-33-24-18(21-22(25(33)36)38-5-4-20(31-21)13-2-3-13)6-14(9-28-24)30-23-19(27)10-29-26(32-23)34-15-7-17(35)8-16(34)12-37-11-15/h6,9-10,13,15-17,20,31,35H,2-5,7-8,11-12H2,1H3,(H,29,30,32)/t15-,16+,17-,20-/m1/s1. The van der Waals surface area contributed by atoms with Gasteiger partial charge in [0.25, 0.3) is 5.56 Å². The number of pyridine rings is 2. The predicted octanol–water partition coefficient (Wildman–Crippen LogP) is 2.82. The number of hydrogen-bond donors (Lipinski definition) is 3. The Balaban J connectivity index is 1.25. The minimum atomic E-state index is -0.345. The molecule has 4 atom stereocenters. The summed E-state index contributed by atoms with van der Waals surface area (Å²) in [6.45, 7) is 1.56. The van der Waals surface area contributed by atoms with Crippen molar-refractivity contribution in [1.29, 1.82) is 0 Å². The Morgan fingerprint density at radius 2 is 1.95 bits per heavy atom. The molecule has 7 rings (SSSR count). The SMILES string of the molecule is Cn1c(=O)c2c(c3cc(Nc4nc(N5[C@@H]6COC[C@H]5C[C@@H](O)C6)ncc4Cl)cnc31)N[C@@H](C1CC1)CCO2. The molecule has 0 amide bonds. The fourth-order valence-corrected chi connectivity index (χ4v) is 6.19. The summed E-state index contributed by atoms with van der Waals surface area (Å²) in [7, 11) is 1.71. The highest BCUT2D eigenvalue weighted by Gasteiger charge is 2.40. The van der Waals surface area contributed by atoms with Crippen molar-refractivity contribution < 1.29 is 14.6 Å². The van der Waals surface area contributed by atoms with Gasteiger partial charge < -0.3 is 30.1 Å². The number of piperidine rings is 1. The predicted molar refractivity (Wildman–Crippen MR) is 144 cm³/mol. The van der Waals surface area contributed by atoms with Gasteiger partial charge in [0.1, 0.15) is 10.7 Å². The van der Waals surface area contributed by atoms with E-state index in [9.17, 15) is 9.90 Å². The lowest BCUT2D eigenvalue weighted by molar-refractivity contribution is 0.000353. The fraction of sp³-hybridized carbons (Fsp3) is 0.538. The molecule has 2 bridgehead atoms. The third-order valence-electron chi connectivity index (χ3n) is 8.10. The zero-order chi connectivity index (χ0) is 26.0. The molecule has 38 heavy (non-hydrogen) atoms. The molecule has 200 valence electrons. The lowest BCUT2D eigenvalue weighted by atomic mass is 9.92. The van der Waals surface area contributed by atoms with Crippen molar-refractivity contribution in [2.24, 2.45) is 13.0 Å². The molecule has 3 fully saturated rings. The minimum absolute atomic E-state index is 0.0103. The highest BCUT2D eigenvalue weighted by atomic mass is 35.5. The number of nitrogens with one attached hydrogen (secondary N) is 2. The van der Waals surface area contributed by atoms with Crippen LogP contribution >= 0.6 is 11.6 Å². The van der Waals surface area contributed by atoms with E-state index in [1.165, 1.54) is 17.4 Å². The van der Waals surface area contributed by atoms with Gasteiger partial charge in [0.2, 0.25) is 11.7 Å². The average molecular weight is 540 g/mol. The summed E-state index contributed by atoms with van der Waals surface area (Å²) in [4.78, 5) is 29.1. The lowest BCUT2D eigenvalue weighted by Crippen LogP contribution is -2.59. The molecule has 2 saturated heterocycles. The molecule has 6 heterocycles. The molecule has 4 aliphatic rings. The Morgan fingerprint density at radius 1 is 1.16 bits per heavy atom. The topological polar surface area (TPSA) is 127 Å². The molecule has 1 saturated carbocycles. The van der Waals surface area contributed by atoms with Crippen LogP contribution in [0.4, 0.5) is 23.1 Å². The molecular formula is C26H30ClN7O4. The number of morpholine rings is 1. The molecule has 12 heteroatoms. The van der Waals surface area contributed by atoms with Gasteiger partial charge >= 0.3 is 0 Å². The Kier molecular flexibility index (Phi) is 5.82. The molecule has 11 nitrogen and oxygen atoms in total. The van der Waals surface area contributed by atoms with Crippen LogP contribution in [0.1, 0.15) is 32.1 Å². The monoisotopic (exact) mass is 539 g/mol. The summed E-state index contributed by atoms with van der Waals surface area (Å²) in [6.07, 6.45) is 7.38. The highest BCUT2D eigenvalue weighted by molar-refractivity contribution is 6.32. The summed E-state index contributed by atoms with van der Waals surface area (Å²) < 4.78 is 13.2. The van der Waals surface area contributed by atoms with Gasteiger partial charge in [-0.15, -0.1) is 0 Å². The number of fused-ring (bicyclic) bond motifs is 5. The normalized spacial score (nSPS) is 26.8. The third-order valence-corrected chi connectivity index (χ3v) is 8.37. The number of halogens is 1. The Morgan fingerprint density at radius 3 is 2.71 bits per heavy atom. The van der Waals surface area contributed by atoms with Crippen LogP contribution < -0.4 is 25.8 Å². The number of hydrogen-bond acceptors (Lipinski definition) is 10. The van der Waals surface area contributed by atoms with E-state index >= 15 is 0 Å². The molecule has 0 unspecified atom stereocenters. The number of aliphatic hydroxyl groups is 1. The molecule has 0 radical (unpaired) electrons. The van der Waals surface area contributed by atoms with Gasteiger partial charge in [-0.05, 0) is 37.7 Å². The number of anilines is 4. The number of ether oxygens (including phenoxy) is 2. The summed E-state index contributed by atoms with van der Waals surface area (Å²) >= 11 is 6.52. The second kappa shape index (κ2) is 9.25. The summed E-state index contributed by atoms with van der Waals surface area (Å²) in [6, 6.07) is 2.24. The van der Waals surface area contributed by atoms with Crippen LogP contribution in [0, 0.1) is 5.92 Å². The van der Waals surface area contributed by atoms with Crippen molar-refractivity contribution in [1.82, 2.24) is 19.5 Å². The van der Waals surface area contributed by atoms with Gasteiger partial charge in [0.15, 0.2) is 5.82 Å². The van der Waals surface area contributed by atoms with Crippen molar-refractivity contribution in [2.75, 3.05) is 35.4 Å². The first-order chi connectivity index (χ1) is 18.5. The van der Waals surface area contributed by atoms with Crippen LogP contribution in [0.15, 0.2) is 23.3 Å². The zero-order valence-electron chi connectivity index (χ0n) is 21.1. The maximum atomic E-state index is 13.1. The number of nitrogens with zero attached hydrogens (tertiary/aromatic N) is 5. The largest absolute Gasteiger partial charge is 0.486 e. The van der Waals surface area contributed by atoms with Gasteiger partial charge in [0, 0.05) is 24.9 Å². The first-order valence-corrected chi connectivity index (χ1v) is 13.6. The molecule has 3 aliphatic heterocycles. The van der Waals surface area contributed by atoms with Crippen molar-refractivity contribution in [3.8, 4) is 5.75 Å². The van der Waals surface area contributed by atoms with Crippen molar-refractivity contribution in [3.05, 3.63) is 33.8 Å². The Hall–Kier alpha value is -3.15. The van der Waals surface area contributed by atoms with Gasteiger partial charge in [-0.2, -0.15) is 4.98 Å². The second-order valence-electron chi connectivity index (χ2n) is 10.8. The van der Waals surface area contributed by atoms with Gasteiger partial charge in [0.05, 0.1) is 61.8 Å². The molecule has 1 aliphatic carbocycles. The third kappa shape index (κ3) is 4.13. The van der Waals surface area contributed by atoms with E-state index in [1.54, 1.807) is 19.4 Å². The van der Waals surface area contributed by atoms with Crippen molar-refractivity contribution >= 4 is 45.8 Å². The first kappa shape index (κ1) is 23.9. The van der Waals surface area contributed by atoms with Crippen molar-refractivity contribution in [3.63, 3.8) is 0 Å². The highest BCUT2D eigenvalue weighted by Crippen LogP contribution is 2.41. The second-order valence-corrected chi connectivity index (χ2v) is 11.2. The van der Waals surface area contributed by atoms with Crippen LogP contribution in [0.2, 0.25) is 5.02 Å². The summed E-state index contributed by atoms with van der Waals surface area (Å²) in [5.74, 6) is 1.95. The van der Waals surface area contributed by atoms with Gasteiger partial charge in [-0.25, -0.2) is 9.97 Å². The zero-order valence-corrected chi connectivity index (χ0v) is 21.8. The smallest absolute Gasteiger partial charge is 0.296 e. The van der Waals surface area contributed by atoms with E-state index in [2.05, 4.69) is 25.5 Å². The Labute approximate surface area is 224 Å². The van der Waals surface area contributed by atoms with Crippen LogP contribution in [0.25, 0.3) is 11.0 Å². The van der Waals surface area contributed by atoms with Crippen LogP contribution in [0.3, 0.4) is 0 Å². The minimum Gasteiger partial charge on any atom is -0.486 e. The van der Waals surface area contributed by atoms with E-state index in [1.807, 2.05) is 6.07 Å². The van der Waals surface area contributed by atoms with E-state index in [-0.39, 0.29) is 29.8 Å². The van der Waals surface area contributed by atoms with E-state index < -0.39 is 0 Å². The van der Waals surface area contributed by atoms with Crippen LogP contribution in [-0.4, -0.2) is 68.7 Å². The molecule has 0 aromatic carbocycles.